The molecule has 2 atom stereocenters. The van der Waals surface area contributed by atoms with Crippen LogP contribution in [0.2, 0.25) is 0 Å². The van der Waals surface area contributed by atoms with E-state index < -0.39 is 39.0 Å². The lowest BCUT2D eigenvalue weighted by Gasteiger charge is -2.25. The summed E-state index contributed by atoms with van der Waals surface area (Å²) < 4.78 is 14.0. The molecule has 0 unspecified atom stereocenters. The largest absolute Gasteiger partial charge is 0.368 e. The van der Waals surface area contributed by atoms with Crippen LogP contribution in [-0.2, 0) is 4.79 Å². The van der Waals surface area contributed by atoms with E-state index in [1.54, 1.807) is 20.8 Å². The molecule has 2 rings (SSSR count). The van der Waals surface area contributed by atoms with Crippen LogP contribution in [0.3, 0.4) is 0 Å². The first-order valence-electron chi connectivity index (χ1n) is 8.86. The summed E-state index contributed by atoms with van der Waals surface area (Å²) in [6, 6.07) is 9.16. The third-order valence-electron chi connectivity index (χ3n) is 4.38. The summed E-state index contributed by atoms with van der Waals surface area (Å²) in [4.78, 5) is 33.0. The second kappa shape index (κ2) is 9.09. The molecule has 0 spiro atoms. The van der Waals surface area contributed by atoms with Crippen LogP contribution in [0.25, 0.3) is 0 Å². The van der Waals surface area contributed by atoms with Gasteiger partial charge in [-0.05, 0) is 18.4 Å². The van der Waals surface area contributed by atoms with Crippen LogP contribution in [-0.4, -0.2) is 21.8 Å². The van der Waals surface area contributed by atoms with E-state index in [1.807, 2.05) is 30.3 Å². The molecule has 0 aliphatic carbocycles. The van der Waals surface area contributed by atoms with Crippen molar-refractivity contribution in [1.82, 2.24) is 5.32 Å². The summed E-state index contributed by atoms with van der Waals surface area (Å²) in [5.41, 5.74) is -1.13. The van der Waals surface area contributed by atoms with Crippen LogP contribution in [0.5, 0.6) is 0 Å². The summed E-state index contributed by atoms with van der Waals surface area (Å²) in [7, 11) is 0. The highest BCUT2D eigenvalue weighted by Gasteiger charge is 2.30. The van der Waals surface area contributed by atoms with Gasteiger partial charge < -0.3 is 10.6 Å². The predicted molar refractivity (Wildman–Crippen MR) is 105 cm³/mol. The Hall–Kier alpha value is -3.56. The van der Waals surface area contributed by atoms with Gasteiger partial charge in [-0.2, -0.15) is 4.39 Å². The van der Waals surface area contributed by atoms with Crippen LogP contribution in [0.4, 0.5) is 21.5 Å². The van der Waals surface area contributed by atoms with E-state index in [0.29, 0.717) is 12.1 Å². The Morgan fingerprint density at radius 1 is 1.00 bits per heavy atom. The fraction of sp³-hybridized carbons (Fsp3) is 0.316. The zero-order chi connectivity index (χ0) is 21.7. The van der Waals surface area contributed by atoms with Crippen LogP contribution in [0, 0.1) is 32.0 Å². The van der Waals surface area contributed by atoms with Crippen molar-refractivity contribution >= 4 is 23.0 Å². The predicted octanol–water partition coefficient (Wildman–Crippen LogP) is 3.96. The first-order valence-corrected chi connectivity index (χ1v) is 8.86. The lowest BCUT2D eigenvalue weighted by atomic mass is 10.0. The molecule has 1 amide bonds. The maximum Gasteiger partial charge on any atom is 0.311 e. The Morgan fingerprint density at radius 2 is 1.59 bits per heavy atom. The summed E-state index contributed by atoms with van der Waals surface area (Å²) in [5.74, 6) is -1.98. The first-order chi connectivity index (χ1) is 13.6. The number of nitrogens with one attached hydrogen (secondary N) is 2. The number of carbonyl (C=O) groups is 1. The molecule has 0 aliphatic heterocycles. The third-order valence-corrected chi connectivity index (χ3v) is 4.38. The molecular formula is C19H21FN4O5. The Bertz CT molecular complexity index is 920. The fourth-order valence-electron chi connectivity index (χ4n) is 2.79. The average molecular weight is 404 g/mol. The van der Waals surface area contributed by atoms with Gasteiger partial charge in [-0.1, -0.05) is 44.2 Å². The zero-order valence-electron chi connectivity index (χ0n) is 16.1. The number of rotatable bonds is 8. The van der Waals surface area contributed by atoms with E-state index >= 15 is 0 Å². The Morgan fingerprint density at radius 3 is 2.10 bits per heavy atom. The maximum absolute atomic E-state index is 14.0. The summed E-state index contributed by atoms with van der Waals surface area (Å²) in [6.07, 6.45) is 0. The minimum atomic E-state index is -1.23. The highest BCUT2D eigenvalue weighted by atomic mass is 19.1. The van der Waals surface area contributed by atoms with Crippen molar-refractivity contribution < 1.29 is 19.0 Å². The fourth-order valence-corrected chi connectivity index (χ4v) is 2.79. The normalized spacial score (nSPS) is 12.9. The lowest BCUT2D eigenvalue weighted by molar-refractivity contribution is -0.395. The van der Waals surface area contributed by atoms with E-state index in [0.717, 1.165) is 5.56 Å². The van der Waals surface area contributed by atoms with Crippen LogP contribution >= 0.6 is 0 Å². The average Bonchev–Trinajstić information content (AvgIpc) is 2.65. The number of anilines is 1. The number of halogens is 1. The van der Waals surface area contributed by atoms with E-state index in [4.69, 9.17) is 0 Å². The molecule has 2 N–H and O–H groups in total. The van der Waals surface area contributed by atoms with Gasteiger partial charge in [-0.25, -0.2) is 0 Å². The maximum atomic E-state index is 14.0. The SMILES string of the molecule is CC(C)[C@H](Nc1cc(F)c([N+](=O)[O-])cc1[N+](=O)[O-])C(=O)N[C@@H](C)c1ccccc1. The molecule has 2 aromatic rings. The van der Waals surface area contributed by atoms with Gasteiger partial charge in [-0.3, -0.25) is 25.0 Å². The molecule has 154 valence electrons. The molecule has 2 aromatic carbocycles. The minimum Gasteiger partial charge on any atom is -0.368 e. The standard InChI is InChI=1S/C19H21FN4O5/c1-11(2)18(19(25)21-12(3)13-7-5-4-6-8-13)22-15-9-14(20)16(23(26)27)10-17(15)24(28)29/h4-12,18,22H,1-3H3,(H,21,25)/t12-,18-/m0/s1. The molecule has 0 bridgehead atoms. The van der Waals surface area contributed by atoms with Gasteiger partial charge in [0.1, 0.15) is 11.7 Å². The monoisotopic (exact) mass is 404 g/mol. The van der Waals surface area contributed by atoms with Gasteiger partial charge in [0, 0.05) is 6.07 Å². The molecule has 0 aliphatic rings. The molecule has 29 heavy (non-hydrogen) atoms. The van der Waals surface area contributed by atoms with E-state index in [9.17, 15) is 29.4 Å². The smallest absolute Gasteiger partial charge is 0.311 e. The molecule has 0 saturated carbocycles. The Balaban J connectivity index is 2.30. The molecular weight excluding hydrogens is 383 g/mol. The molecule has 0 radical (unpaired) electrons. The topological polar surface area (TPSA) is 127 Å². The second-order valence-corrected chi connectivity index (χ2v) is 6.84. The van der Waals surface area contributed by atoms with Gasteiger partial charge in [0.05, 0.1) is 22.0 Å². The van der Waals surface area contributed by atoms with Gasteiger partial charge in [0.2, 0.25) is 11.7 Å². The summed E-state index contributed by atoms with van der Waals surface area (Å²) >= 11 is 0. The molecule has 10 heteroatoms. The number of benzene rings is 2. The molecule has 0 heterocycles. The van der Waals surface area contributed by atoms with Crippen molar-refractivity contribution in [3.63, 3.8) is 0 Å². The van der Waals surface area contributed by atoms with Crippen molar-refractivity contribution in [2.45, 2.75) is 32.9 Å². The number of nitrogens with zero attached hydrogens (tertiary/aromatic N) is 2. The molecule has 0 saturated heterocycles. The first kappa shape index (κ1) is 21.7. The van der Waals surface area contributed by atoms with Crippen LogP contribution in [0.1, 0.15) is 32.4 Å². The van der Waals surface area contributed by atoms with Crippen molar-refractivity contribution in [3.05, 3.63) is 74.1 Å². The van der Waals surface area contributed by atoms with Crippen molar-refractivity contribution in [1.29, 1.82) is 0 Å². The van der Waals surface area contributed by atoms with Gasteiger partial charge in [0.25, 0.3) is 5.69 Å². The molecule has 0 fully saturated rings. The number of hydrogen-bond donors (Lipinski definition) is 2. The van der Waals surface area contributed by atoms with Crippen molar-refractivity contribution in [2.75, 3.05) is 5.32 Å². The zero-order valence-corrected chi connectivity index (χ0v) is 16.1. The highest BCUT2D eigenvalue weighted by molar-refractivity contribution is 5.86. The number of amides is 1. The quantitative estimate of drug-likeness (QED) is 0.506. The molecule has 9 nitrogen and oxygen atoms in total. The van der Waals surface area contributed by atoms with E-state index in [2.05, 4.69) is 10.6 Å². The second-order valence-electron chi connectivity index (χ2n) is 6.84. The Kier molecular flexibility index (Phi) is 6.81. The number of carbonyl (C=O) groups excluding carboxylic acids is 1. The number of nitro groups is 2. The summed E-state index contributed by atoms with van der Waals surface area (Å²) in [6.45, 7) is 5.23. The number of nitro benzene ring substituents is 2. The Labute approximate surface area is 166 Å². The van der Waals surface area contributed by atoms with Crippen LogP contribution in [0.15, 0.2) is 42.5 Å². The highest BCUT2D eigenvalue weighted by Crippen LogP contribution is 2.32. The van der Waals surface area contributed by atoms with Gasteiger partial charge in [0.15, 0.2) is 0 Å². The summed E-state index contributed by atoms with van der Waals surface area (Å²) in [5, 5.41) is 27.7. The van der Waals surface area contributed by atoms with E-state index in [1.165, 1.54) is 0 Å². The lowest BCUT2D eigenvalue weighted by Crippen LogP contribution is -2.44. The van der Waals surface area contributed by atoms with Crippen molar-refractivity contribution in [2.24, 2.45) is 5.92 Å². The third kappa shape index (κ3) is 5.24. The van der Waals surface area contributed by atoms with Crippen molar-refractivity contribution in [3.8, 4) is 0 Å². The van der Waals surface area contributed by atoms with E-state index in [-0.39, 0.29) is 17.6 Å². The van der Waals surface area contributed by atoms with Gasteiger partial charge >= 0.3 is 5.69 Å². The van der Waals surface area contributed by atoms with Crippen LogP contribution < -0.4 is 10.6 Å². The van der Waals surface area contributed by atoms with Gasteiger partial charge in [-0.15, -0.1) is 0 Å². The number of hydrogen-bond acceptors (Lipinski definition) is 6. The minimum absolute atomic E-state index is 0.306. The molecule has 0 aromatic heterocycles.